The minimum absolute atomic E-state index is 0.0820. The van der Waals surface area contributed by atoms with Crippen molar-refractivity contribution in [1.29, 1.82) is 0 Å². The lowest BCUT2D eigenvalue weighted by Crippen LogP contribution is -2.77. The molecule has 0 N–H and O–H groups in total. The first-order valence-electron chi connectivity index (χ1n) is 20.8. The van der Waals surface area contributed by atoms with E-state index in [-0.39, 0.29) is 13.6 Å². The molecular formula is C54H36B2N2Si. The normalized spacial score (nSPS) is 14.4. The summed E-state index contributed by atoms with van der Waals surface area (Å²) in [5.41, 5.74) is 18.5. The summed E-state index contributed by atoms with van der Waals surface area (Å²) in [4.78, 5) is 5.20. The summed E-state index contributed by atoms with van der Waals surface area (Å²) in [6.45, 7) is 0.202. The molecule has 0 saturated carbocycles. The number of anilines is 5. The van der Waals surface area contributed by atoms with E-state index >= 15 is 0 Å². The molecule has 0 bridgehead atoms. The maximum absolute atomic E-state index is 2.68. The Labute approximate surface area is 346 Å². The zero-order chi connectivity index (χ0) is 38.7. The van der Waals surface area contributed by atoms with E-state index in [2.05, 4.69) is 228 Å². The quantitative estimate of drug-likeness (QED) is 0.187. The second-order valence-corrected chi connectivity index (χ2v) is 20.0. The van der Waals surface area contributed by atoms with Gasteiger partial charge in [-0.2, -0.15) is 0 Å². The van der Waals surface area contributed by atoms with Crippen LogP contribution in [0.15, 0.2) is 218 Å². The van der Waals surface area contributed by atoms with Crippen molar-refractivity contribution in [3.8, 4) is 22.3 Å². The maximum Gasteiger partial charge on any atom is 0.329 e. The standard InChI is InChI=1S/C54H36B2N2Si/c1-3-17-39(18-4-1)59(40-19-5-2-6-20-40)51-31-13-11-29-49(51)57(50-30-12-14-32-52(50)59)38-35-33-37(34-36-38)55-47-27-15-23-43-41-21-7-9-25-45(41)56-46-26-10-8-22-42(46)44-24-16-28-48(55)54(44)58(56)53(43)47/h1-36H. The Hall–Kier alpha value is -7.07. The third kappa shape index (κ3) is 4.38. The van der Waals surface area contributed by atoms with Crippen LogP contribution >= 0.6 is 0 Å². The molecule has 2 nitrogen and oxygen atoms in total. The van der Waals surface area contributed by atoms with Crippen LogP contribution in [-0.2, 0) is 0 Å². The molecule has 0 aromatic heterocycles. The lowest BCUT2D eigenvalue weighted by Gasteiger charge is -2.49. The molecule has 5 heteroatoms. The topological polar surface area (TPSA) is 6.48 Å². The van der Waals surface area contributed by atoms with Gasteiger partial charge in [0, 0.05) is 39.6 Å². The summed E-state index contributed by atoms with van der Waals surface area (Å²) in [6.07, 6.45) is 0. The van der Waals surface area contributed by atoms with Crippen LogP contribution in [-0.4, -0.2) is 21.6 Å². The van der Waals surface area contributed by atoms with Crippen molar-refractivity contribution < 1.29 is 0 Å². The van der Waals surface area contributed by atoms with Crippen molar-refractivity contribution in [3.05, 3.63) is 218 Å². The number of nitrogens with zero attached hydrogens (tertiary/aromatic N) is 2. The largest absolute Gasteiger partial charge is 0.377 e. The molecule has 0 fully saturated rings. The van der Waals surface area contributed by atoms with Gasteiger partial charge in [0.1, 0.15) is 0 Å². The van der Waals surface area contributed by atoms with E-state index in [0.717, 1.165) is 0 Å². The number of para-hydroxylation sites is 4. The number of rotatable bonds is 4. The van der Waals surface area contributed by atoms with Crippen molar-refractivity contribution in [2.45, 2.75) is 0 Å². The molecule has 9 aromatic carbocycles. The summed E-state index contributed by atoms with van der Waals surface area (Å²) < 4.78 is 0. The minimum atomic E-state index is -2.68. The highest BCUT2D eigenvalue weighted by molar-refractivity contribution is 7.21. The zero-order valence-electron chi connectivity index (χ0n) is 32.3. The summed E-state index contributed by atoms with van der Waals surface area (Å²) in [5, 5.41) is 5.62. The molecule has 13 rings (SSSR count). The molecule has 0 amide bonds. The van der Waals surface area contributed by atoms with Crippen molar-refractivity contribution in [2.24, 2.45) is 0 Å². The van der Waals surface area contributed by atoms with Gasteiger partial charge in [0.2, 0.25) is 6.71 Å². The average Bonchev–Trinajstić information content (AvgIpc) is 3.31. The molecule has 4 aliphatic heterocycles. The van der Waals surface area contributed by atoms with Gasteiger partial charge in [-0.15, -0.1) is 0 Å². The Kier molecular flexibility index (Phi) is 6.96. The van der Waals surface area contributed by atoms with Gasteiger partial charge in [-0.1, -0.05) is 200 Å². The van der Waals surface area contributed by atoms with Crippen LogP contribution in [0.5, 0.6) is 0 Å². The Morgan fingerprint density at radius 2 is 0.763 bits per heavy atom. The Morgan fingerprint density at radius 3 is 1.29 bits per heavy atom. The van der Waals surface area contributed by atoms with Crippen LogP contribution in [0.25, 0.3) is 22.3 Å². The van der Waals surface area contributed by atoms with Gasteiger partial charge in [0.25, 0.3) is 0 Å². The maximum atomic E-state index is 2.68. The van der Waals surface area contributed by atoms with E-state index in [1.807, 2.05) is 0 Å². The summed E-state index contributed by atoms with van der Waals surface area (Å²) in [5.74, 6) is 0. The molecular weight excluding hydrogens is 726 g/mol. The Morgan fingerprint density at radius 1 is 0.339 bits per heavy atom. The van der Waals surface area contributed by atoms with E-state index < -0.39 is 8.07 Å². The van der Waals surface area contributed by atoms with Crippen LogP contribution in [0, 0.1) is 0 Å². The van der Waals surface area contributed by atoms with Crippen LogP contribution in [0.3, 0.4) is 0 Å². The first kappa shape index (κ1) is 33.0. The average molecular weight is 763 g/mol. The third-order valence-corrected chi connectivity index (χ3v) is 18.4. The fourth-order valence-electron chi connectivity index (χ4n) is 11.4. The number of hydrogen-bond donors (Lipinski definition) is 0. The summed E-state index contributed by atoms with van der Waals surface area (Å²) in [7, 11) is -2.68. The molecule has 9 aromatic rings. The first-order chi connectivity index (χ1) is 29.3. The smallest absolute Gasteiger partial charge is 0.329 e. The molecule has 0 spiro atoms. The van der Waals surface area contributed by atoms with E-state index in [9.17, 15) is 0 Å². The fourth-order valence-corrected chi connectivity index (χ4v) is 16.5. The van der Waals surface area contributed by atoms with Gasteiger partial charge in [-0.3, -0.25) is 0 Å². The predicted molar refractivity (Wildman–Crippen MR) is 254 cm³/mol. The van der Waals surface area contributed by atoms with Gasteiger partial charge in [-0.05, 0) is 78.0 Å². The van der Waals surface area contributed by atoms with Gasteiger partial charge in [0.05, 0.1) is 0 Å². The van der Waals surface area contributed by atoms with Crippen LogP contribution in [0.1, 0.15) is 0 Å². The molecule has 4 aliphatic rings. The monoisotopic (exact) mass is 762 g/mol. The number of hydrogen-bond acceptors (Lipinski definition) is 2. The van der Waals surface area contributed by atoms with Gasteiger partial charge in [-0.25, -0.2) is 0 Å². The lowest BCUT2D eigenvalue weighted by molar-refractivity contribution is 1.29. The number of fused-ring (bicyclic) bond motifs is 8. The van der Waals surface area contributed by atoms with Crippen LogP contribution < -0.4 is 57.8 Å². The molecule has 0 aliphatic carbocycles. The molecule has 0 atom stereocenters. The second kappa shape index (κ2) is 12.5. The molecule has 0 radical (unpaired) electrons. The van der Waals surface area contributed by atoms with E-state index in [0.29, 0.717) is 0 Å². The minimum Gasteiger partial charge on any atom is -0.377 e. The van der Waals surface area contributed by atoms with Crippen molar-refractivity contribution in [2.75, 3.05) is 9.71 Å². The Balaban J connectivity index is 1.01. The number of benzene rings is 9. The van der Waals surface area contributed by atoms with E-state index in [1.54, 1.807) is 0 Å². The highest BCUT2D eigenvalue weighted by atomic mass is 28.3. The molecule has 0 saturated heterocycles. The molecule has 4 heterocycles. The fraction of sp³-hybridized carbons (Fsp3) is 0. The molecule has 59 heavy (non-hydrogen) atoms. The predicted octanol–water partition coefficient (Wildman–Crippen LogP) is 6.58. The van der Waals surface area contributed by atoms with Gasteiger partial charge < -0.3 is 9.71 Å². The van der Waals surface area contributed by atoms with E-state index in [4.69, 9.17) is 0 Å². The van der Waals surface area contributed by atoms with Crippen LogP contribution in [0.2, 0.25) is 0 Å². The summed E-state index contributed by atoms with van der Waals surface area (Å²) >= 11 is 0. The molecule has 0 unspecified atom stereocenters. The highest BCUT2D eigenvalue weighted by Gasteiger charge is 2.50. The third-order valence-electron chi connectivity index (χ3n) is 13.6. The second-order valence-electron chi connectivity index (χ2n) is 16.3. The zero-order valence-corrected chi connectivity index (χ0v) is 33.3. The first-order valence-corrected chi connectivity index (χ1v) is 22.8. The van der Waals surface area contributed by atoms with Crippen molar-refractivity contribution in [3.63, 3.8) is 0 Å². The highest BCUT2D eigenvalue weighted by Crippen LogP contribution is 2.46. The van der Waals surface area contributed by atoms with Crippen LogP contribution in [0.4, 0.5) is 28.4 Å². The summed E-state index contributed by atoms with van der Waals surface area (Å²) in [6, 6.07) is 82.5. The van der Waals surface area contributed by atoms with Gasteiger partial charge in [0.15, 0.2) is 8.07 Å². The SMILES string of the molecule is c1ccc([Si]2(c3ccccc3)c3ccccc3N(c3ccc(B4c5cccc6c5N5B(c7ccccc7-6)c6ccccc6-c6cccc4c65)cc3)c3ccccc32)cc1. The van der Waals surface area contributed by atoms with Crippen molar-refractivity contribution in [1.82, 2.24) is 0 Å². The van der Waals surface area contributed by atoms with Gasteiger partial charge >= 0.3 is 6.85 Å². The Bertz CT molecular complexity index is 2960. The van der Waals surface area contributed by atoms with Crippen molar-refractivity contribution >= 4 is 98.1 Å². The van der Waals surface area contributed by atoms with E-state index in [1.165, 1.54) is 98.8 Å². The molecule has 272 valence electrons. The lowest BCUT2D eigenvalue weighted by atomic mass is 9.32.